The van der Waals surface area contributed by atoms with Gasteiger partial charge in [0.2, 0.25) is 0 Å². The van der Waals surface area contributed by atoms with Crippen LogP contribution in [0.4, 0.5) is 5.69 Å². The molecule has 6 nitrogen and oxygen atoms in total. The summed E-state index contributed by atoms with van der Waals surface area (Å²) in [5, 5.41) is 3.08. The van der Waals surface area contributed by atoms with Crippen molar-refractivity contribution in [3.05, 3.63) is 58.1 Å². The Hall–Kier alpha value is -2.90. The third-order valence-corrected chi connectivity index (χ3v) is 5.70. The third kappa shape index (κ3) is 4.57. The molecule has 0 saturated carbocycles. The molecule has 0 spiro atoms. The number of para-hydroxylation sites is 1. The standard InChI is InChI=1S/C23H23ClN2O4S/c1-5-13(2)30-20-15(8-6-11-19(20)29-4)12-16-21(27)25-23(31)26(22(16)28)18-10-7-9-17(24)14(18)3/h6-13H,5H2,1-4H3,(H,25,27,31)/b16-12+/t13-/m1/s1. The van der Waals surface area contributed by atoms with Crippen molar-refractivity contribution in [1.29, 1.82) is 0 Å². The number of rotatable bonds is 6. The first-order valence-corrected chi connectivity index (χ1v) is 10.6. The molecule has 3 rings (SSSR count). The van der Waals surface area contributed by atoms with Crippen molar-refractivity contribution in [2.24, 2.45) is 0 Å². The number of hydrogen-bond acceptors (Lipinski definition) is 5. The molecular formula is C23H23ClN2O4S. The molecule has 1 aliphatic heterocycles. The second kappa shape index (κ2) is 9.49. The first-order valence-electron chi connectivity index (χ1n) is 9.78. The van der Waals surface area contributed by atoms with E-state index in [4.69, 9.17) is 33.3 Å². The van der Waals surface area contributed by atoms with E-state index in [1.54, 1.807) is 43.3 Å². The minimum absolute atomic E-state index is 0.000706. The van der Waals surface area contributed by atoms with Crippen molar-refractivity contribution < 1.29 is 19.1 Å². The average molecular weight is 459 g/mol. The van der Waals surface area contributed by atoms with Crippen LogP contribution in [0.2, 0.25) is 5.02 Å². The smallest absolute Gasteiger partial charge is 0.270 e. The van der Waals surface area contributed by atoms with Gasteiger partial charge in [-0.25, -0.2) is 0 Å². The number of benzene rings is 2. The predicted octanol–water partition coefficient (Wildman–Crippen LogP) is 4.67. The van der Waals surface area contributed by atoms with Crippen LogP contribution in [0.1, 0.15) is 31.4 Å². The van der Waals surface area contributed by atoms with Crippen molar-refractivity contribution in [1.82, 2.24) is 5.32 Å². The highest BCUT2D eigenvalue weighted by Crippen LogP contribution is 2.35. The average Bonchev–Trinajstić information content (AvgIpc) is 2.74. The Kier molecular flexibility index (Phi) is 6.97. The first kappa shape index (κ1) is 22.8. The molecule has 0 aliphatic carbocycles. The molecule has 0 unspecified atom stereocenters. The Morgan fingerprint density at radius 2 is 1.94 bits per heavy atom. The largest absolute Gasteiger partial charge is 0.493 e. The van der Waals surface area contributed by atoms with Crippen LogP contribution in [0.25, 0.3) is 6.08 Å². The zero-order valence-corrected chi connectivity index (χ0v) is 19.3. The molecule has 1 saturated heterocycles. The van der Waals surface area contributed by atoms with Gasteiger partial charge in [-0.15, -0.1) is 0 Å². The molecule has 0 radical (unpaired) electrons. The molecule has 0 aromatic heterocycles. The van der Waals surface area contributed by atoms with Gasteiger partial charge in [0.05, 0.1) is 18.9 Å². The van der Waals surface area contributed by atoms with Gasteiger partial charge in [0, 0.05) is 10.6 Å². The number of hydrogen-bond donors (Lipinski definition) is 1. The molecule has 2 amide bonds. The van der Waals surface area contributed by atoms with E-state index in [-0.39, 0.29) is 16.8 Å². The second-order valence-electron chi connectivity index (χ2n) is 7.06. The monoisotopic (exact) mass is 458 g/mol. The lowest BCUT2D eigenvalue weighted by molar-refractivity contribution is -0.122. The van der Waals surface area contributed by atoms with Crippen molar-refractivity contribution >= 4 is 52.5 Å². The molecule has 1 atom stereocenters. The van der Waals surface area contributed by atoms with Crippen molar-refractivity contribution in [2.45, 2.75) is 33.3 Å². The van der Waals surface area contributed by atoms with E-state index in [1.807, 2.05) is 13.8 Å². The van der Waals surface area contributed by atoms with E-state index in [2.05, 4.69) is 5.32 Å². The lowest BCUT2D eigenvalue weighted by Gasteiger charge is -2.30. The number of halogens is 1. The van der Waals surface area contributed by atoms with Crippen molar-refractivity contribution in [3.8, 4) is 11.5 Å². The van der Waals surface area contributed by atoms with E-state index in [0.717, 1.165) is 6.42 Å². The van der Waals surface area contributed by atoms with Gasteiger partial charge in [-0.3, -0.25) is 19.8 Å². The number of anilines is 1. The number of nitrogens with one attached hydrogen (secondary N) is 1. The van der Waals surface area contributed by atoms with Gasteiger partial charge in [0.1, 0.15) is 5.57 Å². The summed E-state index contributed by atoms with van der Waals surface area (Å²) in [7, 11) is 1.54. The Balaban J connectivity index is 2.10. The van der Waals surface area contributed by atoms with Crippen LogP contribution >= 0.6 is 23.8 Å². The summed E-state index contributed by atoms with van der Waals surface area (Å²) in [6.07, 6.45) is 2.19. The number of methoxy groups -OCH3 is 1. The summed E-state index contributed by atoms with van der Waals surface area (Å²) in [5.41, 5.74) is 1.66. The zero-order chi connectivity index (χ0) is 22.7. The molecule has 0 bridgehead atoms. The van der Waals surface area contributed by atoms with Gasteiger partial charge in [-0.1, -0.05) is 36.7 Å². The summed E-state index contributed by atoms with van der Waals surface area (Å²) in [6.45, 7) is 5.72. The summed E-state index contributed by atoms with van der Waals surface area (Å²) < 4.78 is 11.5. The molecule has 1 heterocycles. The van der Waals surface area contributed by atoms with Crippen LogP contribution in [-0.4, -0.2) is 30.1 Å². The number of thiocarbonyl (C=S) groups is 1. The van der Waals surface area contributed by atoms with Gasteiger partial charge in [-0.05, 0) is 62.3 Å². The molecular weight excluding hydrogens is 436 g/mol. The Labute approximate surface area is 191 Å². The third-order valence-electron chi connectivity index (χ3n) is 5.00. The summed E-state index contributed by atoms with van der Waals surface area (Å²) in [4.78, 5) is 27.3. The fourth-order valence-electron chi connectivity index (χ4n) is 3.09. The Bertz CT molecular complexity index is 1080. The fraction of sp³-hybridized carbons (Fsp3) is 0.261. The van der Waals surface area contributed by atoms with Crippen LogP contribution in [-0.2, 0) is 9.59 Å². The molecule has 8 heteroatoms. The number of carbonyl (C=O) groups excluding carboxylic acids is 2. The lowest BCUT2D eigenvalue weighted by Crippen LogP contribution is -2.54. The van der Waals surface area contributed by atoms with E-state index >= 15 is 0 Å². The number of ether oxygens (including phenoxy) is 2. The van der Waals surface area contributed by atoms with Gasteiger partial charge in [-0.2, -0.15) is 0 Å². The van der Waals surface area contributed by atoms with Gasteiger partial charge >= 0.3 is 0 Å². The van der Waals surface area contributed by atoms with Crippen LogP contribution in [0.15, 0.2) is 42.0 Å². The SMILES string of the molecule is CC[C@@H](C)Oc1c(/C=C2\C(=O)NC(=S)N(c3cccc(Cl)c3C)C2=O)cccc1OC. The van der Waals surface area contributed by atoms with Gasteiger partial charge in [0.25, 0.3) is 11.8 Å². The summed E-state index contributed by atoms with van der Waals surface area (Å²) in [6, 6.07) is 10.5. The lowest BCUT2D eigenvalue weighted by atomic mass is 10.0. The maximum atomic E-state index is 13.4. The van der Waals surface area contributed by atoms with E-state index < -0.39 is 11.8 Å². The van der Waals surface area contributed by atoms with E-state index in [1.165, 1.54) is 18.1 Å². The van der Waals surface area contributed by atoms with Gasteiger partial charge in [0.15, 0.2) is 16.6 Å². The van der Waals surface area contributed by atoms with E-state index in [0.29, 0.717) is 33.3 Å². The molecule has 1 N–H and O–H groups in total. The summed E-state index contributed by atoms with van der Waals surface area (Å²) >= 11 is 11.5. The highest BCUT2D eigenvalue weighted by molar-refractivity contribution is 7.80. The quantitative estimate of drug-likeness (QED) is 0.387. The van der Waals surface area contributed by atoms with Crippen LogP contribution in [0, 0.1) is 6.92 Å². The molecule has 2 aromatic carbocycles. The van der Waals surface area contributed by atoms with Crippen molar-refractivity contribution in [2.75, 3.05) is 12.0 Å². The van der Waals surface area contributed by atoms with E-state index in [9.17, 15) is 9.59 Å². The number of nitrogens with zero attached hydrogens (tertiary/aromatic N) is 1. The van der Waals surface area contributed by atoms with Crippen LogP contribution in [0.5, 0.6) is 11.5 Å². The zero-order valence-electron chi connectivity index (χ0n) is 17.7. The van der Waals surface area contributed by atoms with Crippen molar-refractivity contribution in [3.63, 3.8) is 0 Å². The molecule has 2 aromatic rings. The Morgan fingerprint density at radius 1 is 1.23 bits per heavy atom. The minimum atomic E-state index is -0.580. The maximum absolute atomic E-state index is 13.4. The topological polar surface area (TPSA) is 67.9 Å². The normalized spacial score (nSPS) is 16.4. The minimum Gasteiger partial charge on any atom is -0.493 e. The number of carbonyl (C=O) groups is 2. The second-order valence-corrected chi connectivity index (χ2v) is 7.85. The van der Waals surface area contributed by atoms with Gasteiger partial charge < -0.3 is 9.47 Å². The number of amides is 2. The maximum Gasteiger partial charge on any atom is 0.270 e. The van der Waals surface area contributed by atoms with Crippen LogP contribution < -0.4 is 19.7 Å². The van der Waals surface area contributed by atoms with Crippen LogP contribution in [0.3, 0.4) is 0 Å². The fourth-order valence-corrected chi connectivity index (χ4v) is 3.53. The molecule has 31 heavy (non-hydrogen) atoms. The highest BCUT2D eigenvalue weighted by atomic mass is 35.5. The molecule has 162 valence electrons. The summed E-state index contributed by atoms with van der Waals surface area (Å²) in [5.74, 6) is -0.151. The molecule has 1 fully saturated rings. The Morgan fingerprint density at radius 3 is 2.61 bits per heavy atom. The predicted molar refractivity (Wildman–Crippen MR) is 126 cm³/mol. The first-order chi connectivity index (χ1) is 14.8. The highest BCUT2D eigenvalue weighted by Gasteiger charge is 2.35. The molecule has 1 aliphatic rings.